The molecule has 1 saturated heterocycles. The molecule has 1 aliphatic rings. The monoisotopic (exact) mass is 564 g/mol. The number of hydrogen-bond donors (Lipinski definition) is 0. The average Bonchev–Trinajstić information content (AvgIpc) is 2.92. The zero-order valence-corrected chi connectivity index (χ0v) is 24.9. The van der Waals surface area contributed by atoms with Crippen LogP contribution in [0, 0.1) is 18.8 Å². The van der Waals surface area contributed by atoms with Gasteiger partial charge in [0.1, 0.15) is 12.4 Å². The summed E-state index contributed by atoms with van der Waals surface area (Å²) in [5, 5.41) is 1.57. The van der Waals surface area contributed by atoms with Crippen molar-refractivity contribution in [2.45, 2.75) is 59.7 Å². The number of pyridine rings is 1. The molecule has 2 aromatic carbocycles. The van der Waals surface area contributed by atoms with E-state index < -0.39 is 24.5 Å². The zero-order chi connectivity index (χ0) is 29.8. The van der Waals surface area contributed by atoms with Gasteiger partial charge in [0.05, 0.1) is 6.10 Å². The van der Waals surface area contributed by atoms with Crippen molar-refractivity contribution >= 4 is 22.7 Å². The van der Waals surface area contributed by atoms with Gasteiger partial charge >= 0.3 is 11.9 Å². The van der Waals surface area contributed by atoms with Crippen LogP contribution in [0.3, 0.4) is 0 Å². The van der Waals surface area contributed by atoms with E-state index >= 15 is 0 Å². The number of carbonyl (C=O) groups excluding carboxylic acids is 2. The predicted octanol–water partition coefficient (Wildman–Crippen LogP) is 4.41. The second kappa shape index (κ2) is 12.9. The number of carbonyl (C=O) groups is 2. The molecule has 9 nitrogen and oxygen atoms in total. The van der Waals surface area contributed by atoms with Crippen LogP contribution >= 0.6 is 0 Å². The molecule has 1 aliphatic heterocycles. The summed E-state index contributed by atoms with van der Waals surface area (Å²) < 4.78 is 25.1. The van der Waals surface area contributed by atoms with E-state index in [1.807, 2.05) is 88.4 Å². The maximum atomic E-state index is 13.2. The third-order valence-electron chi connectivity index (χ3n) is 7.78. The lowest BCUT2D eigenvalue weighted by atomic mass is 9.83. The largest absolute Gasteiger partial charge is 0.463 e. The first-order chi connectivity index (χ1) is 19.4. The third-order valence-corrected chi connectivity index (χ3v) is 7.78. The van der Waals surface area contributed by atoms with Crippen molar-refractivity contribution in [3.05, 3.63) is 64.6 Å². The summed E-state index contributed by atoms with van der Waals surface area (Å²) >= 11 is 0. The lowest BCUT2D eigenvalue weighted by Gasteiger charge is -2.43. The summed E-state index contributed by atoms with van der Waals surface area (Å²) in [5.74, 6) is -0.371. The number of aryl methyl sites for hydroxylation is 1. The summed E-state index contributed by atoms with van der Waals surface area (Å²) in [4.78, 5) is 38.5. The van der Waals surface area contributed by atoms with Crippen LogP contribution in [0.15, 0.2) is 53.5 Å². The summed E-state index contributed by atoms with van der Waals surface area (Å²) in [6.45, 7) is 10.1. The molecule has 0 amide bonds. The Morgan fingerprint density at radius 2 is 1.68 bits per heavy atom. The van der Waals surface area contributed by atoms with E-state index in [9.17, 15) is 14.4 Å². The molecule has 0 N–H and O–H groups in total. The first-order valence-electron chi connectivity index (χ1n) is 14.0. The van der Waals surface area contributed by atoms with Crippen molar-refractivity contribution in [1.29, 1.82) is 0 Å². The highest BCUT2D eigenvalue weighted by Gasteiger charge is 2.45. The summed E-state index contributed by atoms with van der Waals surface area (Å²) in [7, 11) is 3.97. The van der Waals surface area contributed by atoms with Gasteiger partial charge in [-0.05, 0) is 73.3 Å². The van der Waals surface area contributed by atoms with E-state index in [2.05, 4.69) is 0 Å². The van der Waals surface area contributed by atoms with Gasteiger partial charge in [-0.1, -0.05) is 32.0 Å². The van der Waals surface area contributed by atoms with Crippen LogP contribution in [0.25, 0.3) is 21.9 Å². The van der Waals surface area contributed by atoms with E-state index in [4.69, 9.17) is 18.9 Å². The number of likely N-dealkylation sites (N-methyl/N-ethyl adjacent to an activating group) is 1. The van der Waals surface area contributed by atoms with E-state index in [0.29, 0.717) is 17.7 Å². The molecule has 4 rings (SSSR count). The maximum Gasteiger partial charge on any atom is 0.303 e. The molecule has 3 aromatic rings. The quantitative estimate of drug-likeness (QED) is 0.353. The standard InChI is InChI=1S/C32H40N2O7/c1-19-16-25(26-9-8-24-12-13-34(15-14-33(6)7)31(37)27(24)17-26)10-11-28(19)40-32-30(39-23(5)36)21(3)20(2)29(41-32)18-38-22(4)35/h8-13,16-17,20-21,29-30,32H,14-15,18H2,1-7H3. The molecule has 1 fully saturated rings. The molecular weight excluding hydrogens is 524 g/mol. The molecule has 1 aromatic heterocycles. The van der Waals surface area contributed by atoms with Gasteiger partial charge in [0.15, 0.2) is 6.10 Å². The Hall–Kier alpha value is -3.69. The van der Waals surface area contributed by atoms with Gasteiger partial charge < -0.3 is 28.4 Å². The summed E-state index contributed by atoms with van der Waals surface area (Å²) in [6, 6.07) is 13.7. The minimum atomic E-state index is -0.878. The minimum absolute atomic E-state index is 0.0134. The van der Waals surface area contributed by atoms with Crippen LogP contribution in [0.4, 0.5) is 0 Å². The fourth-order valence-electron chi connectivity index (χ4n) is 5.13. The Morgan fingerprint density at radius 3 is 2.34 bits per heavy atom. The Labute approximate surface area is 240 Å². The van der Waals surface area contributed by atoms with Gasteiger partial charge in [0.2, 0.25) is 6.29 Å². The molecule has 0 spiro atoms. The normalized spacial score (nSPS) is 22.5. The van der Waals surface area contributed by atoms with E-state index in [-0.39, 0.29) is 30.0 Å². The molecule has 220 valence electrons. The fourth-order valence-corrected chi connectivity index (χ4v) is 5.13. The molecule has 41 heavy (non-hydrogen) atoms. The SMILES string of the molecule is CC(=O)OCC1OC(Oc2ccc(-c3ccc4ccn(CCN(C)C)c(=O)c4c3)cc2C)C(OC(C)=O)C(C)C1C. The number of nitrogens with zero attached hydrogens (tertiary/aromatic N) is 2. The zero-order valence-electron chi connectivity index (χ0n) is 24.9. The highest BCUT2D eigenvalue weighted by atomic mass is 16.7. The van der Waals surface area contributed by atoms with Crippen molar-refractivity contribution in [3.63, 3.8) is 0 Å². The molecule has 5 unspecified atom stereocenters. The summed E-state index contributed by atoms with van der Waals surface area (Å²) in [5.41, 5.74) is 2.70. The molecule has 2 heterocycles. The van der Waals surface area contributed by atoms with E-state index in [0.717, 1.165) is 28.6 Å². The number of benzene rings is 2. The van der Waals surface area contributed by atoms with Gasteiger partial charge in [0, 0.05) is 44.4 Å². The van der Waals surface area contributed by atoms with Gasteiger partial charge in [0.25, 0.3) is 5.56 Å². The molecule has 0 saturated carbocycles. The van der Waals surface area contributed by atoms with Gasteiger partial charge in [-0.15, -0.1) is 0 Å². The van der Waals surface area contributed by atoms with Crippen molar-refractivity contribution in [1.82, 2.24) is 9.47 Å². The number of fused-ring (bicyclic) bond motifs is 1. The molecule has 5 atom stereocenters. The smallest absolute Gasteiger partial charge is 0.303 e. The molecule has 0 radical (unpaired) electrons. The van der Waals surface area contributed by atoms with Gasteiger partial charge in [-0.3, -0.25) is 14.4 Å². The highest BCUT2D eigenvalue weighted by molar-refractivity contribution is 5.86. The van der Waals surface area contributed by atoms with Crippen LogP contribution in [0.5, 0.6) is 5.75 Å². The Bertz CT molecular complexity index is 1460. The third kappa shape index (κ3) is 7.15. The van der Waals surface area contributed by atoms with Crippen LogP contribution in [-0.2, 0) is 30.3 Å². The topological polar surface area (TPSA) is 96.3 Å². The number of rotatable bonds is 9. The average molecular weight is 565 g/mol. The number of ether oxygens (including phenoxy) is 4. The van der Waals surface area contributed by atoms with Gasteiger partial charge in [-0.25, -0.2) is 0 Å². The predicted molar refractivity (Wildman–Crippen MR) is 157 cm³/mol. The van der Waals surface area contributed by atoms with Crippen molar-refractivity contribution in [3.8, 4) is 16.9 Å². The first-order valence-corrected chi connectivity index (χ1v) is 14.0. The molecule has 0 bridgehead atoms. The fraction of sp³-hybridized carbons (Fsp3) is 0.469. The van der Waals surface area contributed by atoms with Crippen molar-refractivity contribution in [2.75, 3.05) is 27.2 Å². The van der Waals surface area contributed by atoms with Crippen LogP contribution in [0.2, 0.25) is 0 Å². The van der Waals surface area contributed by atoms with Gasteiger partial charge in [-0.2, -0.15) is 0 Å². The lowest BCUT2D eigenvalue weighted by Crippen LogP contribution is -2.54. The molecule has 9 heteroatoms. The Morgan fingerprint density at radius 1 is 0.976 bits per heavy atom. The van der Waals surface area contributed by atoms with Crippen molar-refractivity contribution in [2.24, 2.45) is 11.8 Å². The number of aromatic nitrogens is 1. The molecule has 0 aliphatic carbocycles. The van der Waals surface area contributed by atoms with E-state index in [1.165, 1.54) is 13.8 Å². The maximum absolute atomic E-state index is 13.2. The lowest BCUT2D eigenvalue weighted by molar-refractivity contribution is -0.253. The van der Waals surface area contributed by atoms with Crippen LogP contribution in [0.1, 0.15) is 33.3 Å². The van der Waals surface area contributed by atoms with Crippen LogP contribution in [-0.4, -0.2) is 67.2 Å². The highest BCUT2D eigenvalue weighted by Crippen LogP contribution is 2.36. The summed E-state index contributed by atoms with van der Waals surface area (Å²) in [6.07, 6.45) is -0.0784. The van der Waals surface area contributed by atoms with Crippen molar-refractivity contribution < 1.29 is 28.5 Å². The van der Waals surface area contributed by atoms with Crippen LogP contribution < -0.4 is 10.3 Å². The number of hydrogen-bond acceptors (Lipinski definition) is 8. The second-order valence-electron chi connectivity index (χ2n) is 11.2. The molecular formula is C32H40N2O7. The second-order valence-corrected chi connectivity index (χ2v) is 11.2. The van der Waals surface area contributed by atoms with E-state index in [1.54, 1.807) is 4.57 Å². The Kier molecular flexibility index (Phi) is 9.50. The number of esters is 2. The minimum Gasteiger partial charge on any atom is -0.463 e. The Balaban J connectivity index is 1.59. The first kappa shape index (κ1) is 30.3.